The van der Waals surface area contributed by atoms with Crippen molar-refractivity contribution in [2.45, 2.75) is 12.5 Å². The molecule has 106 valence electrons. The zero-order valence-electron chi connectivity index (χ0n) is 11.3. The fraction of sp³-hybridized carbons (Fsp3) is 0.111. The first-order valence-electron chi connectivity index (χ1n) is 6.73. The molecule has 0 aliphatic rings. The summed E-state index contributed by atoms with van der Waals surface area (Å²) in [6.45, 7) is 0. The van der Waals surface area contributed by atoms with Gasteiger partial charge in [-0.2, -0.15) is 0 Å². The van der Waals surface area contributed by atoms with Crippen LogP contribution in [0.25, 0.3) is 10.8 Å². The third-order valence-electron chi connectivity index (χ3n) is 3.55. The minimum atomic E-state index is -0.474. The second-order valence-corrected chi connectivity index (χ2v) is 7.26. The molecule has 0 heterocycles. The number of fused-ring (bicyclic) bond motifs is 1. The first-order valence-corrected chi connectivity index (χ1v) is 8.61. The van der Waals surface area contributed by atoms with Crippen molar-refractivity contribution in [3.8, 4) is 0 Å². The van der Waals surface area contributed by atoms with Crippen LogP contribution in [0.2, 0.25) is 0 Å². The lowest BCUT2D eigenvalue weighted by atomic mass is 9.99. The summed E-state index contributed by atoms with van der Waals surface area (Å²) in [5.74, 6) is 0. The van der Waals surface area contributed by atoms with Crippen molar-refractivity contribution < 1.29 is 5.11 Å². The Hall–Kier alpha value is -0.910. The maximum atomic E-state index is 10.4. The molecular formula is C18H14BrIO. The smallest absolute Gasteiger partial charge is 0.0830 e. The number of halogens is 2. The average molecular weight is 453 g/mol. The van der Waals surface area contributed by atoms with Gasteiger partial charge in [-0.3, -0.25) is 0 Å². The summed E-state index contributed by atoms with van der Waals surface area (Å²) in [5, 5.41) is 12.8. The lowest BCUT2D eigenvalue weighted by Gasteiger charge is -2.12. The lowest BCUT2D eigenvalue weighted by molar-refractivity contribution is 0.178. The van der Waals surface area contributed by atoms with Gasteiger partial charge in [0.25, 0.3) is 0 Å². The first kappa shape index (κ1) is 15.0. The topological polar surface area (TPSA) is 20.2 Å². The van der Waals surface area contributed by atoms with Crippen molar-refractivity contribution in [2.75, 3.05) is 0 Å². The summed E-state index contributed by atoms with van der Waals surface area (Å²) in [6.07, 6.45) is 0.164. The highest BCUT2D eigenvalue weighted by molar-refractivity contribution is 14.1. The van der Waals surface area contributed by atoms with E-state index in [0.717, 1.165) is 21.0 Å². The Morgan fingerprint density at radius 3 is 2.33 bits per heavy atom. The highest BCUT2D eigenvalue weighted by atomic mass is 127. The Bertz CT molecular complexity index is 768. The van der Waals surface area contributed by atoms with Crippen LogP contribution in [0.4, 0.5) is 0 Å². The van der Waals surface area contributed by atoms with Crippen LogP contribution in [0.3, 0.4) is 0 Å². The van der Waals surface area contributed by atoms with Crippen molar-refractivity contribution in [2.24, 2.45) is 0 Å². The van der Waals surface area contributed by atoms with Gasteiger partial charge in [0.15, 0.2) is 0 Å². The number of benzene rings is 3. The number of rotatable bonds is 3. The molecule has 3 aromatic carbocycles. The monoisotopic (exact) mass is 452 g/mol. The van der Waals surface area contributed by atoms with Crippen LogP contribution < -0.4 is 0 Å². The van der Waals surface area contributed by atoms with Crippen LogP contribution in [-0.2, 0) is 6.42 Å². The molecule has 0 saturated heterocycles. The Morgan fingerprint density at radius 1 is 0.905 bits per heavy atom. The van der Waals surface area contributed by atoms with Crippen molar-refractivity contribution >= 4 is 49.3 Å². The molecule has 0 spiro atoms. The molecule has 1 nitrogen and oxygen atoms in total. The highest BCUT2D eigenvalue weighted by Crippen LogP contribution is 2.25. The summed E-state index contributed by atoms with van der Waals surface area (Å²) >= 11 is 5.77. The summed E-state index contributed by atoms with van der Waals surface area (Å²) in [4.78, 5) is 0. The van der Waals surface area contributed by atoms with E-state index in [4.69, 9.17) is 0 Å². The third kappa shape index (κ3) is 3.65. The van der Waals surface area contributed by atoms with Crippen molar-refractivity contribution in [3.05, 3.63) is 79.8 Å². The molecule has 0 fully saturated rings. The third-order valence-corrected chi connectivity index (χ3v) is 4.77. The molecule has 0 aromatic heterocycles. The molecule has 0 saturated carbocycles. The average Bonchev–Trinajstić information content (AvgIpc) is 2.49. The van der Waals surface area contributed by atoms with Gasteiger partial charge in [-0.05, 0) is 74.8 Å². The molecule has 0 amide bonds. The van der Waals surface area contributed by atoms with E-state index in [1.165, 1.54) is 8.96 Å². The molecule has 21 heavy (non-hydrogen) atoms. The van der Waals surface area contributed by atoms with Crippen molar-refractivity contribution in [3.63, 3.8) is 0 Å². The molecule has 0 aliphatic carbocycles. The normalized spacial score (nSPS) is 12.5. The fourth-order valence-corrected chi connectivity index (χ4v) is 3.14. The van der Waals surface area contributed by atoms with Gasteiger partial charge >= 0.3 is 0 Å². The molecule has 1 N–H and O–H groups in total. The maximum Gasteiger partial charge on any atom is 0.0830 e. The van der Waals surface area contributed by atoms with E-state index in [0.29, 0.717) is 6.42 Å². The second-order valence-electron chi connectivity index (χ2n) is 5.10. The van der Waals surface area contributed by atoms with Gasteiger partial charge in [0.1, 0.15) is 0 Å². The SMILES string of the molecule is OC(Cc1ccc(I)cc1)c1ccc2cc(Br)ccc2c1. The molecule has 0 bridgehead atoms. The highest BCUT2D eigenvalue weighted by Gasteiger charge is 2.09. The Balaban J connectivity index is 1.85. The van der Waals surface area contributed by atoms with Crippen molar-refractivity contribution in [1.29, 1.82) is 0 Å². The molecule has 3 rings (SSSR count). The second kappa shape index (κ2) is 6.46. The van der Waals surface area contributed by atoms with Crippen LogP contribution in [0.1, 0.15) is 17.2 Å². The molecule has 3 aromatic rings. The van der Waals surface area contributed by atoms with E-state index in [9.17, 15) is 5.11 Å². The standard InChI is InChI=1S/C18H14BrIO/c19-16-6-5-13-10-15(4-3-14(13)11-16)18(21)9-12-1-7-17(20)8-2-12/h1-8,10-11,18,21H,9H2. The van der Waals surface area contributed by atoms with E-state index in [2.05, 4.69) is 87.1 Å². The zero-order valence-corrected chi connectivity index (χ0v) is 15.0. The van der Waals surface area contributed by atoms with Gasteiger partial charge < -0.3 is 5.11 Å². The molecule has 1 atom stereocenters. The Labute approximate surface area is 146 Å². The predicted molar refractivity (Wildman–Crippen MR) is 99.5 cm³/mol. The minimum absolute atomic E-state index is 0.474. The number of aliphatic hydroxyl groups is 1. The van der Waals surface area contributed by atoms with Crippen LogP contribution in [0.15, 0.2) is 65.1 Å². The van der Waals surface area contributed by atoms with E-state index in [1.54, 1.807) is 0 Å². The summed E-state index contributed by atoms with van der Waals surface area (Å²) < 4.78 is 2.28. The van der Waals surface area contributed by atoms with E-state index < -0.39 is 6.10 Å². The number of hydrogen-bond donors (Lipinski definition) is 1. The van der Waals surface area contributed by atoms with Crippen LogP contribution >= 0.6 is 38.5 Å². The number of hydrogen-bond acceptors (Lipinski definition) is 1. The van der Waals surface area contributed by atoms with E-state index in [1.807, 2.05) is 12.1 Å². The molecule has 1 unspecified atom stereocenters. The van der Waals surface area contributed by atoms with Gasteiger partial charge in [0.2, 0.25) is 0 Å². The molecular weight excluding hydrogens is 439 g/mol. The molecule has 0 aliphatic heterocycles. The number of aliphatic hydroxyl groups excluding tert-OH is 1. The Kier molecular flexibility index (Phi) is 4.62. The largest absolute Gasteiger partial charge is 0.388 e. The maximum absolute atomic E-state index is 10.4. The quantitative estimate of drug-likeness (QED) is 0.521. The lowest BCUT2D eigenvalue weighted by Crippen LogP contribution is -2.01. The van der Waals surface area contributed by atoms with Gasteiger partial charge in [-0.1, -0.05) is 46.3 Å². The van der Waals surface area contributed by atoms with Crippen LogP contribution in [-0.4, -0.2) is 5.11 Å². The summed E-state index contributed by atoms with van der Waals surface area (Å²) in [5.41, 5.74) is 2.11. The van der Waals surface area contributed by atoms with E-state index >= 15 is 0 Å². The summed E-state index contributed by atoms with van der Waals surface area (Å²) in [7, 11) is 0. The zero-order chi connectivity index (χ0) is 14.8. The van der Waals surface area contributed by atoms with Crippen LogP contribution in [0, 0.1) is 3.57 Å². The van der Waals surface area contributed by atoms with Gasteiger partial charge in [-0.25, -0.2) is 0 Å². The molecule has 3 heteroatoms. The summed E-state index contributed by atoms with van der Waals surface area (Å²) in [6, 6.07) is 20.6. The van der Waals surface area contributed by atoms with Crippen LogP contribution in [0.5, 0.6) is 0 Å². The van der Waals surface area contributed by atoms with E-state index in [-0.39, 0.29) is 0 Å². The first-order chi connectivity index (χ1) is 10.1. The van der Waals surface area contributed by atoms with Crippen molar-refractivity contribution in [1.82, 2.24) is 0 Å². The minimum Gasteiger partial charge on any atom is -0.388 e. The fourth-order valence-electron chi connectivity index (χ4n) is 2.40. The van der Waals surface area contributed by atoms with Gasteiger partial charge in [0.05, 0.1) is 6.10 Å². The van der Waals surface area contributed by atoms with Gasteiger partial charge in [0, 0.05) is 14.5 Å². The van der Waals surface area contributed by atoms with Gasteiger partial charge in [-0.15, -0.1) is 0 Å². The Morgan fingerprint density at radius 2 is 1.57 bits per heavy atom. The predicted octanol–water partition coefficient (Wildman–Crippen LogP) is 5.48. The molecule has 0 radical (unpaired) electrons.